The lowest BCUT2D eigenvalue weighted by molar-refractivity contribution is 0.103. The normalized spacial score (nSPS) is 9.71. The summed E-state index contributed by atoms with van der Waals surface area (Å²) in [6.07, 6.45) is 1.73. The van der Waals surface area contributed by atoms with Gasteiger partial charge in [0.2, 0.25) is 0 Å². The third kappa shape index (κ3) is 4.26. The number of anilines is 1. The molecule has 0 radical (unpaired) electrons. The molecule has 0 aliphatic rings. The molecule has 0 spiro atoms. The molecule has 0 saturated carbocycles. The van der Waals surface area contributed by atoms with Crippen molar-refractivity contribution in [3.8, 4) is 0 Å². The van der Waals surface area contributed by atoms with Crippen molar-refractivity contribution in [2.45, 2.75) is 0 Å². The van der Waals surface area contributed by atoms with Crippen molar-refractivity contribution in [2.24, 2.45) is 0 Å². The summed E-state index contributed by atoms with van der Waals surface area (Å²) in [5.41, 5.74) is 2.17. The van der Waals surface area contributed by atoms with Gasteiger partial charge in [-0.3, -0.25) is 4.79 Å². The van der Waals surface area contributed by atoms with Crippen molar-refractivity contribution in [3.05, 3.63) is 78.4 Å². The first-order valence-electron chi connectivity index (χ1n) is 6.56. The second-order valence-corrected chi connectivity index (χ2v) is 4.80. The molecule has 0 aromatic heterocycles. The summed E-state index contributed by atoms with van der Waals surface area (Å²) in [5, 5.41) is 6.55. The van der Waals surface area contributed by atoms with Crippen LogP contribution in [-0.4, -0.2) is 17.4 Å². The first-order chi connectivity index (χ1) is 10.2. The second kappa shape index (κ2) is 7.36. The summed E-state index contributed by atoms with van der Waals surface area (Å²) in [4.78, 5) is 12.3. The van der Waals surface area contributed by atoms with E-state index in [9.17, 15) is 4.79 Å². The van der Waals surface area contributed by atoms with Gasteiger partial charge in [0.25, 0.3) is 0 Å². The number of nitrogens with one attached hydrogen (secondary N) is 2. The van der Waals surface area contributed by atoms with Gasteiger partial charge < -0.3 is 10.6 Å². The Hall–Kier alpha value is -2.46. The zero-order valence-electron chi connectivity index (χ0n) is 11.5. The topological polar surface area (TPSA) is 41.1 Å². The van der Waals surface area contributed by atoms with Crippen molar-refractivity contribution in [2.75, 3.05) is 11.9 Å². The molecular weight excluding hydrogens is 280 g/mol. The molecule has 0 aliphatic carbocycles. The molecule has 106 valence electrons. The van der Waals surface area contributed by atoms with Gasteiger partial charge in [0, 0.05) is 23.4 Å². The minimum absolute atomic E-state index is 0.00880. The fraction of sp³-hybridized carbons (Fsp3) is 0.0588. The van der Waals surface area contributed by atoms with Gasteiger partial charge >= 0.3 is 0 Å². The lowest BCUT2D eigenvalue weighted by Gasteiger charge is -2.09. The van der Waals surface area contributed by atoms with Crippen molar-refractivity contribution < 1.29 is 4.79 Å². The molecule has 0 amide bonds. The van der Waals surface area contributed by atoms with Gasteiger partial charge in [-0.05, 0) is 36.5 Å². The van der Waals surface area contributed by atoms with E-state index in [1.54, 1.807) is 18.2 Å². The molecule has 2 rings (SSSR count). The van der Waals surface area contributed by atoms with Crippen LogP contribution in [-0.2, 0) is 0 Å². The molecule has 4 heteroatoms. The Labute approximate surface area is 129 Å². The van der Waals surface area contributed by atoms with Crippen molar-refractivity contribution in [3.63, 3.8) is 0 Å². The quantitative estimate of drug-likeness (QED) is 0.504. The Morgan fingerprint density at radius 1 is 1.05 bits per heavy atom. The van der Waals surface area contributed by atoms with E-state index in [2.05, 4.69) is 17.2 Å². The van der Waals surface area contributed by atoms with E-state index in [-0.39, 0.29) is 5.78 Å². The maximum absolute atomic E-state index is 12.3. The largest absolute Gasteiger partial charge is 0.359 e. The monoisotopic (exact) mass is 296 g/mol. The number of ketones is 1. The fourth-order valence-electron chi connectivity index (χ4n) is 1.80. The van der Waals surface area contributed by atoms with Gasteiger partial charge in [0.05, 0.1) is 0 Å². The molecule has 0 fully saturated rings. The fourth-order valence-corrected chi connectivity index (χ4v) is 2.00. The van der Waals surface area contributed by atoms with E-state index in [0.29, 0.717) is 22.8 Å². The van der Waals surface area contributed by atoms with Crippen molar-refractivity contribution >= 4 is 28.8 Å². The molecule has 3 nitrogen and oxygen atoms in total. The summed E-state index contributed by atoms with van der Waals surface area (Å²) in [7, 11) is 0. The minimum Gasteiger partial charge on any atom is -0.359 e. The summed E-state index contributed by atoms with van der Waals surface area (Å²) in [6.45, 7) is 4.22. The highest BCUT2D eigenvalue weighted by Crippen LogP contribution is 2.13. The molecule has 0 aliphatic heterocycles. The minimum atomic E-state index is 0.00880. The van der Waals surface area contributed by atoms with Gasteiger partial charge in [0.15, 0.2) is 10.9 Å². The van der Waals surface area contributed by atoms with Gasteiger partial charge in [-0.15, -0.1) is 6.58 Å². The van der Waals surface area contributed by atoms with Crippen LogP contribution in [0.15, 0.2) is 67.3 Å². The summed E-state index contributed by atoms with van der Waals surface area (Å²) in [6, 6.07) is 16.4. The average Bonchev–Trinajstić information content (AvgIpc) is 2.54. The van der Waals surface area contributed by atoms with E-state index in [0.717, 1.165) is 5.69 Å². The van der Waals surface area contributed by atoms with E-state index < -0.39 is 0 Å². The molecule has 2 aromatic rings. The number of hydrogen-bond donors (Lipinski definition) is 2. The summed E-state index contributed by atoms with van der Waals surface area (Å²) < 4.78 is 0. The third-order valence-corrected chi connectivity index (χ3v) is 3.09. The molecule has 0 unspecified atom stereocenters. The van der Waals surface area contributed by atoms with Gasteiger partial charge in [-0.1, -0.05) is 36.4 Å². The highest BCUT2D eigenvalue weighted by molar-refractivity contribution is 7.80. The Bertz CT molecular complexity index is 636. The average molecular weight is 296 g/mol. The van der Waals surface area contributed by atoms with E-state index >= 15 is 0 Å². The molecule has 21 heavy (non-hydrogen) atoms. The highest BCUT2D eigenvalue weighted by atomic mass is 32.1. The van der Waals surface area contributed by atoms with E-state index in [1.165, 1.54) is 0 Å². The van der Waals surface area contributed by atoms with Crippen LogP contribution in [0.25, 0.3) is 0 Å². The Balaban J connectivity index is 2.04. The van der Waals surface area contributed by atoms with Crippen LogP contribution in [0.4, 0.5) is 5.69 Å². The number of carbonyl (C=O) groups is 1. The molecular formula is C17H16N2OS. The SMILES string of the molecule is C=CCNC(=S)Nc1ccc(C(=O)c2ccccc2)cc1. The standard InChI is InChI=1S/C17H16N2OS/c1-2-12-18-17(21)19-15-10-8-14(9-11-15)16(20)13-6-4-3-5-7-13/h2-11H,1,12H2,(H2,18,19,21). The second-order valence-electron chi connectivity index (χ2n) is 4.40. The van der Waals surface area contributed by atoms with Crippen LogP contribution in [0.3, 0.4) is 0 Å². The number of carbonyl (C=O) groups excluding carboxylic acids is 1. The summed E-state index contributed by atoms with van der Waals surface area (Å²) >= 11 is 5.13. The maximum Gasteiger partial charge on any atom is 0.193 e. The Kier molecular flexibility index (Phi) is 5.23. The molecule has 0 atom stereocenters. The molecule has 0 saturated heterocycles. The number of hydrogen-bond acceptors (Lipinski definition) is 2. The zero-order chi connectivity index (χ0) is 15.1. The van der Waals surface area contributed by atoms with Gasteiger partial charge in [-0.25, -0.2) is 0 Å². The number of benzene rings is 2. The van der Waals surface area contributed by atoms with Crippen LogP contribution in [0.5, 0.6) is 0 Å². The maximum atomic E-state index is 12.3. The lowest BCUT2D eigenvalue weighted by atomic mass is 10.0. The first kappa shape index (κ1) is 14.9. The van der Waals surface area contributed by atoms with Crippen LogP contribution >= 0.6 is 12.2 Å². The van der Waals surface area contributed by atoms with Crippen LogP contribution in [0.2, 0.25) is 0 Å². The van der Waals surface area contributed by atoms with Crippen LogP contribution in [0, 0.1) is 0 Å². The van der Waals surface area contributed by atoms with Crippen molar-refractivity contribution in [1.29, 1.82) is 0 Å². The first-order valence-corrected chi connectivity index (χ1v) is 6.97. The smallest absolute Gasteiger partial charge is 0.193 e. The number of rotatable bonds is 5. The van der Waals surface area contributed by atoms with Gasteiger partial charge in [0.1, 0.15) is 0 Å². The van der Waals surface area contributed by atoms with E-state index in [4.69, 9.17) is 12.2 Å². The van der Waals surface area contributed by atoms with Crippen LogP contribution < -0.4 is 10.6 Å². The van der Waals surface area contributed by atoms with Crippen molar-refractivity contribution in [1.82, 2.24) is 5.32 Å². The molecule has 0 bridgehead atoms. The van der Waals surface area contributed by atoms with Crippen LogP contribution in [0.1, 0.15) is 15.9 Å². The van der Waals surface area contributed by atoms with E-state index in [1.807, 2.05) is 42.5 Å². The summed E-state index contributed by atoms with van der Waals surface area (Å²) in [5.74, 6) is 0.00880. The van der Waals surface area contributed by atoms with Gasteiger partial charge in [-0.2, -0.15) is 0 Å². The molecule has 2 N–H and O–H groups in total. The molecule has 0 heterocycles. The third-order valence-electron chi connectivity index (χ3n) is 2.85. The molecule has 2 aromatic carbocycles. The predicted octanol–water partition coefficient (Wildman–Crippen LogP) is 3.39. The Morgan fingerprint density at radius 3 is 2.29 bits per heavy atom. The number of thiocarbonyl (C=S) groups is 1. The lowest BCUT2D eigenvalue weighted by Crippen LogP contribution is -2.28. The highest BCUT2D eigenvalue weighted by Gasteiger charge is 2.08. The Morgan fingerprint density at radius 2 is 1.67 bits per heavy atom. The zero-order valence-corrected chi connectivity index (χ0v) is 12.3. The predicted molar refractivity (Wildman–Crippen MR) is 90.7 cm³/mol.